The summed E-state index contributed by atoms with van der Waals surface area (Å²) in [5.41, 5.74) is 1.27. The number of hydrogen-bond donors (Lipinski definition) is 1. The van der Waals surface area contributed by atoms with E-state index in [1.165, 1.54) is 5.56 Å². The van der Waals surface area contributed by atoms with Crippen molar-refractivity contribution >= 4 is 0 Å². The van der Waals surface area contributed by atoms with Gasteiger partial charge in [0.15, 0.2) is 0 Å². The Morgan fingerprint density at radius 3 is 2.33 bits per heavy atom. The number of hydrogen-bond acceptors (Lipinski definition) is 3. The quantitative estimate of drug-likeness (QED) is 0.684. The number of nitrogens with one attached hydrogen (secondary N) is 1. The molecule has 0 heterocycles. The predicted molar refractivity (Wildman–Crippen MR) is 75.0 cm³/mol. The molecule has 0 radical (unpaired) electrons. The molecule has 0 bridgehead atoms. The van der Waals surface area contributed by atoms with E-state index in [0.717, 1.165) is 38.3 Å². The molecule has 0 aromatic heterocycles. The van der Waals surface area contributed by atoms with E-state index < -0.39 is 0 Å². The first-order chi connectivity index (χ1) is 8.80. The summed E-state index contributed by atoms with van der Waals surface area (Å²) in [5.74, 6) is 0.962. The number of benzene rings is 1. The van der Waals surface area contributed by atoms with Gasteiger partial charge in [0, 0.05) is 20.2 Å². The molecule has 102 valence electrons. The smallest absolute Gasteiger partial charge is 0.119 e. The third kappa shape index (κ3) is 5.52. The Kier molecular flexibility index (Phi) is 7.46. The third-order valence-electron chi connectivity index (χ3n) is 2.95. The van der Waals surface area contributed by atoms with E-state index in [2.05, 4.69) is 31.3 Å². The Labute approximate surface area is 110 Å². The zero-order valence-corrected chi connectivity index (χ0v) is 11.7. The number of ether oxygens (including phenoxy) is 2. The van der Waals surface area contributed by atoms with Crippen LogP contribution in [0.15, 0.2) is 24.3 Å². The molecule has 0 spiro atoms. The van der Waals surface area contributed by atoms with Crippen molar-refractivity contribution in [2.24, 2.45) is 0 Å². The molecule has 0 saturated heterocycles. The van der Waals surface area contributed by atoms with Crippen molar-refractivity contribution < 1.29 is 9.47 Å². The van der Waals surface area contributed by atoms with Crippen molar-refractivity contribution in [1.29, 1.82) is 0 Å². The molecule has 0 aliphatic rings. The van der Waals surface area contributed by atoms with E-state index in [9.17, 15) is 0 Å². The van der Waals surface area contributed by atoms with Crippen LogP contribution in [0.5, 0.6) is 5.75 Å². The van der Waals surface area contributed by atoms with Crippen LogP contribution in [0.1, 0.15) is 32.3 Å². The highest BCUT2D eigenvalue weighted by molar-refractivity contribution is 5.27. The Morgan fingerprint density at radius 2 is 1.78 bits per heavy atom. The van der Waals surface area contributed by atoms with Gasteiger partial charge in [0.25, 0.3) is 0 Å². The molecule has 1 N–H and O–H groups in total. The predicted octanol–water partition coefficient (Wildman–Crippen LogP) is 2.99. The standard InChI is InChI=1S/C15H25NO2/c1-4-14(5-2)18-15-8-6-13(7-9-15)12-16-10-11-17-3/h6-9,14,16H,4-5,10-12H2,1-3H3. The highest BCUT2D eigenvalue weighted by atomic mass is 16.5. The Morgan fingerprint density at radius 1 is 1.11 bits per heavy atom. The minimum Gasteiger partial charge on any atom is -0.490 e. The molecule has 1 aromatic carbocycles. The Bertz CT molecular complexity index is 307. The van der Waals surface area contributed by atoms with E-state index in [4.69, 9.17) is 9.47 Å². The van der Waals surface area contributed by atoms with Crippen molar-refractivity contribution in [1.82, 2.24) is 5.32 Å². The van der Waals surface area contributed by atoms with Crippen molar-refractivity contribution in [2.45, 2.75) is 39.3 Å². The molecule has 0 unspecified atom stereocenters. The van der Waals surface area contributed by atoms with Crippen LogP contribution in [0.3, 0.4) is 0 Å². The highest BCUT2D eigenvalue weighted by Crippen LogP contribution is 2.16. The van der Waals surface area contributed by atoms with Gasteiger partial charge in [-0.25, -0.2) is 0 Å². The molecule has 0 aliphatic heterocycles. The van der Waals surface area contributed by atoms with Crippen LogP contribution in [0.4, 0.5) is 0 Å². The number of rotatable bonds is 9. The topological polar surface area (TPSA) is 30.5 Å². The molecule has 0 fully saturated rings. The number of methoxy groups -OCH3 is 1. The van der Waals surface area contributed by atoms with Gasteiger partial charge in [-0.15, -0.1) is 0 Å². The van der Waals surface area contributed by atoms with E-state index >= 15 is 0 Å². The van der Waals surface area contributed by atoms with Crippen molar-refractivity contribution in [2.75, 3.05) is 20.3 Å². The molecular formula is C15H25NO2. The summed E-state index contributed by atoms with van der Waals surface area (Å²) in [6.45, 7) is 6.80. The van der Waals surface area contributed by atoms with E-state index in [-0.39, 0.29) is 0 Å². The fourth-order valence-corrected chi connectivity index (χ4v) is 1.74. The molecule has 1 rings (SSSR count). The van der Waals surface area contributed by atoms with Gasteiger partial charge < -0.3 is 14.8 Å². The average molecular weight is 251 g/mol. The Hall–Kier alpha value is -1.06. The van der Waals surface area contributed by atoms with Crippen molar-refractivity contribution in [3.8, 4) is 5.75 Å². The third-order valence-corrected chi connectivity index (χ3v) is 2.95. The summed E-state index contributed by atoms with van der Waals surface area (Å²) in [6, 6.07) is 8.31. The first kappa shape index (κ1) is 15.0. The van der Waals surface area contributed by atoms with Crippen LogP contribution in [-0.4, -0.2) is 26.4 Å². The minimum absolute atomic E-state index is 0.329. The largest absolute Gasteiger partial charge is 0.490 e. The van der Waals surface area contributed by atoms with Crippen LogP contribution < -0.4 is 10.1 Å². The molecule has 0 atom stereocenters. The maximum Gasteiger partial charge on any atom is 0.119 e. The molecular weight excluding hydrogens is 226 g/mol. The van der Waals surface area contributed by atoms with Crippen LogP contribution >= 0.6 is 0 Å². The van der Waals surface area contributed by atoms with E-state index in [0.29, 0.717) is 6.10 Å². The van der Waals surface area contributed by atoms with Gasteiger partial charge in [0.05, 0.1) is 12.7 Å². The van der Waals surface area contributed by atoms with Gasteiger partial charge in [-0.1, -0.05) is 26.0 Å². The first-order valence-electron chi connectivity index (χ1n) is 6.75. The molecule has 3 heteroatoms. The van der Waals surface area contributed by atoms with Gasteiger partial charge in [0.1, 0.15) is 5.75 Å². The van der Waals surface area contributed by atoms with Crippen LogP contribution in [0.25, 0.3) is 0 Å². The molecule has 3 nitrogen and oxygen atoms in total. The summed E-state index contributed by atoms with van der Waals surface area (Å²) in [4.78, 5) is 0. The molecule has 0 aliphatic carbocycles. The first-order valence-corrected chi connectivity index (χ1v) is 6.75. The maximum atomic E-state index is 5.87. The van der Waals surface area contributed by atoms with Gasteiger partial charge in [-0.05, 0) is 30.5 Å². The van der Waals surface area contributed by atoms with Gasteiger partial charge in [0.2, 0.25) is 0 Å². The molecule has 18 heavy (non-hydrogen) atoms. The van der Waals surface area contributed by atoms with Gasteiger partial charge >= 0.3 is 0 Å². The van der Waals surface area contributed by atoms with Crippen LogP contribution in [-0.2, 0) is 11.3 Å². The van der Waals surface area contributed by atoms with E-state index in [1.54, 1.807) is 7.11 Å². The lowest BCUT2D eigenvalue weighted by atomic mass is 10.2. The van der Waals surface area contributed by atoms with Gasteiger partial charge in [-0.3, -0.25) is 0 Å². The zero-order valence-electron chi connectivity index (χ0n) is 11.7. The van der Waals surface area contributed by atoms with Crippen molar-refractivity contribution in [3.63, 3.8) is 0 Å². The fourth-order valence-electron chi connectivity index (χ4n) is 1.74. The maximum absolute atomic E-state index is 5.87. The molecule has 0 saturated carbocycles. The SMILES string of the molecule is CCC(CC)Oc1ccc(CNCCOC)cc1. The second-order valence-corrected chi connectivity index (χ2v) is 4.37. The average Bonchev–Trinajstić information content (AvgIpc) is 2.42. The second-order valence-electron chi connectivity index (χ2n) is 4.37. The normalized spacial score (nSPS) is 10.9. The van der Waals surface area contributed by atoms with Crippen LogP contribution in [0, 0.1) is 0 Å². The van der Waals surface area contributed by atoms with Crippen LogP contribution in [0.2, 0.25) is 0 Å². The van der Waals surface area contributed by atoms with E-state index in [1.807, 2.05) is 12.1 Å². The summed E-state index contributed by atoms with van der Waals surface area (Å²) >= 11 is 0. The summed E-state index contributed by atoms with van der Waals surface area (Å²) < 4.78 is 10.9. The Balaban J connectivity index is 2.37. The highest BCUT2D eigenvalue weighted by Gasteiger charge is 2.04. The van der Waals surface area contributed by atoms with Gasteiger partial charge in [-0.2, -0.15) is 0 Å². The summed E-state index contributed by atoms with van der Waals surface area (Å²) in [6.07, 6.45) is 2.43. The summed E-state index contributed by atoms with van der Waals surface area (Å²) in [5, 5.41) is 3.32. The lowest BCUT2D eigenvalue weighted by Gasteiger charge is -2.15. The van der Waals surface area contributed by atoms with Crippen molar-refractivity contribution in [3.05, 3.63) is 29.8 Å². The zero-order chi connectivity index (χ0) is 13.2. The summed E-state index contributed by atoms with van der Waals surface area (Å²) in [7, 11) is 1.71. The lowest BCUT2D eigenvalue weighted by molar-refractivity contribution is 0.193. The lowest BCUT2D eigenvalue weighted by Crippen LogP contribution is -2.18. The monoisotopic (exact) mass is 251 g/mol. The minimum atomic E-state index is 0.329. The molecule has 1 aromatic rings. The fraction of sp³-hybridized carbons (Fsp3) is 0.600. The molecule has 0 amide bonds. The second kappa shape index (κ2) is 8.95.